The van der Waals surface area contributed by atoms with E-state index in [9.17, 15) is 9.59 Å². The van der Waals surface area contributed by atoms with E-state index < -0.39 is 5.60 Å². The average Bonchev–Trinajstić information content (AvgIpc) is 2.67. The summed E-state index contributed by atoms with van der Waals surface area (Å²) in [6.45, 7) is 15.4. The molecule has 3 rings (SSSR count). The van der Waals surface area contributed by atoms with Crippen LogP contribution in [-0.4, -0.2) is 17.5 Å². The number of rotatable bonds is 4. The molecule has 1 amide bonds. The van der Waals surface area contributed by atoms with Crippen LogP contribution in [0.15, 0.2) is 12.1 Å². The van der Waals surface area contributed by atoms with Crippen molar-refractivity contribution in [3.05, 3.63) is 51.1 Å². The summed E-state index contributed by atoms with van der Waals surface area (Å²) in [6, 6.07) is 4.12. The monoisotopic (exact) mass is 423 g/mol. The highest BCUT2D eigenvalue weighted by Crippen LogP contribution is 2.44. The van der Waals surface area contributed by atoms with Gasteiger partial charge in [0.15, 0.2) is 0 Å². The van der Waals surface area contributed by atoms with Gasteiger partial charge in [-0.25, -0.2) is 0 Å². The molecule has 1 unspecified atom stereocenters. The largest absolute Gasteiger partial charge is 0.486 e. The first kappa shape index (κ1) is 22.9. The van der Waals surface area contributed by atoms with Crippen LogP contribution in [0, 0.1) is 41.5 Å². The van der Waals surface area contributed by atoms with Crippen LogP contribution in [0.5, 0.6) is 11.5 Å². The molecule has 1 N–H and O–H groups in total. The van der Waals surface area contributed by atoms with Gasteiger partial charge in [0.25, 0.3) is 0 Å². The van der Waals surface area contributed by atoms with Gasteiger partial charge in [-0.05, 0) is 101 Å². The SMILES string of the molecule is CC(=O)Oc1c(C)c(C)c2c(c1C)CCC(C)(CC(=O)Nc1cc(C)c(C)cc1C)O2. The number of hydrogen-bond acceptors (Lipinski definition) is 4. The smallest absolute Gasteiger partial charge is 0.308 e. The predicted molar refractivity (Wildman–Crippen MR) is 123 cm³/mol. The average molecular weight is 424 g/mol. The molecule has 0 saturated carbocycles. The van der Waals surface area contributed by atoms with Crippen molar-refractivity contribution in [3.63, 3.8) is 0 Å². The number of fused-ring (bicyclic) bond motifs is 1. The number of esters is 1. The molecule has 0 aromatic heterocycles. The van der Waals surface area contributed by atoms with Crippen molar-refractivity contribution in [1.29, 1.82) is 0 Å². The second-order valence-corrected chi connectivity index (χ2v) is 9.13. The summed E-state index contributed by atoms with van der Waals surface area (Å²) in [4.78, 5) is 24.4. The van der Waals surface area contributed by atoms with E-state index in [4.69, 9.17) is 9.47 Å². The van der Waals surface area contributed by atoms with E-state index in [1.165, 1.54) is 12.5 Å². The van der Waals surface area contributed by atoms with Gasteiger partial charge in [-0.1, -0.05) is 6.07 Å². The van der Waals surface area contributed by atoms with Crippen LogP contribution in [0.25, 0.3) is 0 Å². The summed E-state index contributed by atoms with van der Waals surface area (Å²) < 4.78 is 11.9. The second-order valence-electron chi connectivity index (χ2n) is 9.13. The predicted octanol–water partition coefficient (Wildman–Crippen LogP) is 5.57. The Hall–Kier alpha value is -2.82. The number of anilines is 1. The van der Waals surface area contributed by atoms with Crippen molar-refractivity contribution >= 4 is 17.6 Å². The number of aryl methyl sites for hydroxylation is 3. The minimum absolute atomic E-state index is 0.0556. The first-order chi connectivity index (χ1) is 14.4. The van der Waals surface area contributed by atoms with Crippen molar-refractivity contribution in [2.24, 2.45) is 0 Å². The zero-order chi connectivity index (χ0) is 23.1. The fourth-order valence-corrected chi connectivity index (χ4v) is 4.33. The summed E-state index contributed by atoms with van der Waals surface area (Å²) in [5.74, 6) is 1.05. The second kappa shape index (κ2) is 8.37. The topological polar surface area (TPSA) is 64.6 Å². The van der Waals surface area contributed by atoms with Gasteiger partial charge in [0.2, 0.25) is 5.91 Å². The number of hydrogen-bond donors (Lipinski definition) is 1. The van der Waals surface area contributed by atoms with Crippen molar-refractivity contribution in [2.45, 2.75) is 80.3 Å². The van der Waals surface area contributed by atoms with E-state index in [0.717, 1.165) is 51.2 Å². The third-order valence-electron chi connectivity index (χ3n) is 6.46. The fourth-order valence-electron chi connectivity index (χ4n) is 4.33. The number of benzene rings is 2. The van der Waals surface area contributed by atoms with Gasteiger partial charge < -0.3 is 14.8 Å². The molecule has 1 aliphatic rings. The van der Waals surface area contributed by atoms with Gasteiger partial charge in [0, 0.05) is 18.2 Å². The molecule has 5 nitrogen and oxygen atoms in total. The van der Waals surface area contributed by atoms with E-state index in [2.05, 4.69) is 18.3 Å². The molecule has 0 bridgehead atoms. The molecule has 0 fully saturated rings. The fraction of sp³-hybridized carbons (Fsp3) is 0.462. The molecule has 0 spiro atoms. The zero-order valence-corrected chi connectivity index (χ0v) is 19.9. The van der Waals surface area contributed by atoms with E-state index in [-0.39, 0.29) is 18.3 Å². The molecule has 0 saturated heterocycles. The molecular formula is C26H33NO4. The number of ether oxygens (including phenoxy) is 2. The molecule has 31 heavy (non-hydrogen) atoms. The van der Waals surface area contributed by atoms with Gasteiger partial charge in [0.1, 0.15) is 17.1 Å². The Labute approximate surface area is 185 Å². The van der Waals surface area contributed by atoms with Gasteiger partial charge in [-0.2, -0.15) is 0 Å². The van der Waals surface area contributed by atoms with E-state index in [1.54, 1.807) is 0 Å². The molecule has 0 radical (unpaired) electrons. The maximum Gasteiger partial charge on any atom is 0.308 e. The number of nitrogens with one attached hydrogen (secondary N) is 1. The first-order valence-electron chi connectivity index (χ1n) is 10.8. The Morgan fingerprint density at radius 3 is 2.29 bits per heavy atom. The van der Waals surface area contributed by atoms with Gasteiger partial charge >= 0.3 is 5.97 Å². The number of amides is 1. The lowest BCUT2D eigenvalue weighted by atomic mass is 9.85. The third-order valence-corrected chi connectivity index (χ3v) is 6.46. The van der Waals surface area contributed by atoms with Crippen molar-refractivity contribution < 1.29 is 19.1 Å². The number of carbonyl (C=O) groups excluding carboxylic acids is 2. The molecule has 2 aromatic rings. The quantitative estimate of drug-likeness (QED) is 0.515. The van der Waals surface area contributed by atoms with Crippen LogP contribution in [0.3, 0.4) is 0 Å². The highest BCUT2D eigenvalue weighted by Gasteiger charge is 2.36. The van der Waals surface area contributed by atoms with Crippen molar-refractivity contribution in [1.82, 2.24) is 0 Å². The maximum atomic E-state index is 12.9. The lowest BCUT2D eigenvalue weighted by Crippen LogP contribution is -2.40. The molecule has 0 aliphatic carbocycles. The Bertz CT molecular complexity index is 1070. The first-order valence-corrected chi connectivity index (χ1v) is 10.8. The Balaban J connectivity index is 1.83. The molecular weight excluding hydrogens is 390 g/mol. The third kappa shape index (κ3) is 4.60. The highest BCUT2D eigenvalue weighted by atomic mass is 16.5. The lowest BCUT2D eigenvalue weighted by Gasteiger charge is -2.37. The number of carbonyl (C=O) groups is 2. The summed E-state index contributed by atoms with van der Waals surface area (Å²) in [5.41, 5.74) is 7.51. The molecule has 1 aliphatic heterocycles. The molecule has 166 valence electrons. The van der Waals surface area contributed by atoms with Crippen LogP contribution in [0.2, 0.25) is 0 Å². The van der Waals surface area contributed by atoms with E-state index >= 15 is 0 Å². The minimum Gasteiger partial charge on any atom is -0.486 e. The maximum absolute atomic E-state index is 12.9. The molecule has 1 heterocycles. The van der Waals surface area contributed by atoms with Gasteiger partial charge in [-0.15, -0.1) is 0 Å². The molecule has 5 heteroatoms. The lowest BCUT2D eigenvalue weighted by molar-refractivity contribution is -0.132. The summed E-state index contributed by atoms with van der Waals surface area (Å²) in [5, 5.41) is 3.07. The van der Waals surface area contributed by atoms with Gasteiger partial charge in [0.05, 0.1) is 6.42 Å². The highest BCUT2D eigenvalue weighted by molar-refractivity contribution is 5.92. The van der Waals surface area contributed by atoms with Crippen LogP contribution in [-0.2, 0) is 16.0 Å². The van der Waals surface area contributed by atoms with Crippen LogP contribution >= 0.6 is 0 Å². The summed E-state index contributed by atoms with van der Waals surface area (Å²) >= 11 is 0. The standard InChI is InChI=1S/C26H33NO4/c1-14-11-16(3)22(12-15(14)2)27-23(29)13-26(8)10-9-21-19(6)24(30-20(7)28)17(4)18(5)25(21)31-26/h11-12H,9-10,13H2,1-8H3,(H,27,29). The zero-order valence-electron chi connectivity index (χ0n) is 19.9. The Morgan fingerprint density at radius 1 is 1.00 bits per heavy atom. The summed E-state index contributed by atoms with van der Waals surface area (Å²) in [7, 11) is 0. The van der Waals surface area contributed by atoms with Crippen molar-refractivity contribution in [2.75, 3.05) is 5.32 Å². The Kier molecular flexibility index (Phi) is 6.17. The summed E-state index contributed by atoms with van der Waals surface area (Å²) in [6.07, 6.45) is 1.74. The van der Waals surface area contributed by atoms with Crippen LogP contribution in [0.4, 0.5) is 5.69 Å². The minimum atomic E-state index is -0.600. The molecule has 1 atom stereocenters. The molecule has 2 aromatic carbocycles. The van der Waals surface area contributed by atoms with E-state index in [0.29, 0.717) is 12.2 Å². The van der Waals surface area contributed by atoms with Crippen LogP contribution < -0.4 is 14.8 Å². The Morgan fingerprint density at radius 2 is 1.65 bits per heavy atom. The van der Waals surface area contributed by atoms with Crippen LogP contribution in [0.1, 0.15) is 65.6 Å². The van der Waals surface area contributed by atoms with Gasteiger partial charge in [-0.3, -0.25) is 9.59 Å². The van der Waals surface area contributed by atoms with E-state index in [1.807, 2.05) is 47.6 Å². The normalized spacial score (nSPS) is 17.5. The van der Waals surface area contributed by atoms with Crippen molar-refractivity contribution in [3.8, 4) is 11.5 Å².